The van der Waals surface area contributed by atoms with Crippen LogP contribution < -0.4 is 9.80 Å². The first-order valence-electron chi connectivity index (χ1n) is 9.97. The second-order valence-electron chi connectivity index (χ2n) is 7.29. The van der Waals surface area contributed by atoms with E-state index < -0.39 is 0 Å². The maximum atomic E-state index is 14.4. The Morgan fingerprint density at radius 2 is 1.40 bits per heavy atom. The number of rotatable bonds is 3. The number of halogens is 2. The van der Waals surface area contributed by atoms with Gasteiger partial charge in [0.2, 0.25) is 0 Å². The van der Waals surface area contributed by atoms with Crippen molar-refractivity contribution in [1.82, 2.24) is 9.97 Å². The monoisotopic (exact) mass is 418 g/mol. The highest BCUT2D eigenvalue weighted by Gasteiger charge is 2.22. The van der Waals surface area contributed by atoms with Gasteiger partial charge >= 0.3 is 0 Å². The number of benzene rings is 3. The summed E-state index contributed by atoms with van der Waals surface area (Å²) in [6, 6.07) is 22.5. The lowest BCUT2D eigenvalue weighted by Gasteiger charge is -2.37. The SMILES string of the molecule is Fc1ccccc1-c1nc(N2CCN(c3ccccc3Cl)CC2)c2ccccc2n1. The summed E-state index contributed by atoms with van der Waals surface area (Å²) < 4.78 is 14.4. The van der Waals surface area contributed by atoms with Gasteiger partial charge in [0.05, 0.1) is 21.8 Å². The fourth-order valence-electron chi connectivity index (χ4n) is 3.93. The van der Waals surface area contributed by atoms with Gasteiger partial charge in [0.1, 0.15) is 11.6 Å². The molecule has 0 saturated carbocycles. The largest absolute Gasteiger partial charge is 0.367 e. The Morgan fingerprint density at radius 3 is 2.20 bits per heavy atom. The summed E-state index contributed by atoms with van der Waals surface area (Å²) in [5.74, 6) is 0.940. The van der Waals surface area contributed by atoms with E-state index in [1.54, 1.807) is 18.2 Å². The molecule has 0 unspecified atom stereocenters. The van der Waals surface area contributed by atoms with E-state index in [4.69, 9.17) is 16.6 Å². The van der Waals surface area contributed by atoms with Crippen LogP contribution >= 0.6 is 11.6 Å². The van der Waals surface area contributed by atoms with Gasteiger partial charge in [0, 0.05) is 31.6 Å². The number of piperazine rings is 1. The Kier molecular flexibility index (Phi) is 4.97. The van der Waals surface area contributed by atoms with E-state index in [0.29, 0.717) is 11.4 Å². The summed E-state index contributed by atoms with van der Waals surface area (Å²) in [6.07, 6.45) is 0. The lowest BCUT2D eigenvalue weighted by molar-refractivity contribution is 0.629. The van der Waals surface area contributed by atoms with Crippen LogP contribution in [0.2, 0.25) is 5.02 Å². The summed E-state index contributed by atoms with van der Waals surface area (Å²) in [6.45, 7) is 3.25. The topological polar surface area (TPSA) is 32.3 Å². The van der Waals surface area contributed by atoms with E-state index in [9.17, 15) is 4.39 Å². The van der Waals surface area contributed by atoms with Crippen molar-refractivity contribution in [3.63, 3.8) is 0 Å². The van der Waals surface area contributed by atoms with Crippen molar-refractivity contribution in [1.29, 1.82) is 0 Å². The summed E-state index contributed by atoms with van der Waals surface area (Å²) in [5, 5.41) is 1.74. The number of anilines is 2. The Labute approximate surface area is 179 Å². The molecule has 0 spiro atoms. The molecule has 1 fully saturated rings. The van der Waals surface area contributed by atoms with E-state index in [0.717, 1.165) is 53.6 Å². The quantitative estimate of drug-likeness (QED) is 0.445. The van der Waals surface area contributed by atoms with Crippen LogP contribution in [-0.2, 0) is 0 Å². The minimum absolute atomic E-state index is 0.317. The average molecular weight is 419 g/mol. The van der Waals surface area contributed by atoms with Crippen LogP contribution in [0.1, 0.15) is 0 Å². The maximum absolute atomic E-state index is 14.4. The Bertz CT molecular complexity index is 1200. The molecule has 1 aliphatic rings. The molecule has 0 N–H and O–H groups in total. The fourth-order valence-corrected chi connectivity index (χ4v) is 4.19. The van der Waals surface area contributed by atoms with Crippen LogP contribution in [-0.4, -0.2) is 36.1 Å². The summed E-state index contributed by atoms with van der Waals surface area (Å²) in [7, 11) is 0. The van der Waals surface area contributed by atoms with Crippen LogP contribution in [0.25, 0.3) is 22.3 Å². The molecule has 30 heavy (non-hydrogen) atoms. The lowest BCUT2D eigenvalue weighted by atomic mass is 10.1. The van der Waals surface area contributed by atoms with Crippen molar-refractivity contribution in [3.05, 3.63) is 83.6 Å². The maximum Gasteiger partial charge on any atom is 0.165 e. The number of hydrogen-bond acceptors (Lipinski definition) is 4. The first-order chi connectivity index (χ1) is 14.7. The summed E-state index contributed by atoms with van der Waals surface area (Å²) >= 11 is 6.38. The standard InChI is InChI=1S/C24H20ClFN4/c25-19-9-3-6-12-22(19)29-13-15-30(16-14-29)24-18-8-2-5-11-21(18)27-23(28-24)17-7-1-4-10-20(17)26/h1-12H,13-16H2. The molecule has 4 aromatic rings. The smallest absolute Gasteiger partial charge is 0.165 e. The highest BCUT2D eigenvalue weighted by Crippen LogP contribution is 2.31. The number of hydrogen-bond donors (Lipinski definition) is 0. The number of para-hydroxylation sites is 2. The first-order valence-corrected chi connectivity index (χ1v) is 10.3. The Hall–Kier alpha value is -3.18. The molecule has 0 atom stereocenters. The minimum atomic E-state index is -0.317. The van der Waals surface area contributed by atoms with Gasteiger partial charge in [0.25, 0.3) is 0 Å². The molecule has 3 aromatic carbocycles. The van der Waals surface area contributed by atoms with E-state index in [-0.39, 0.29) is 5.82 Å². The van der Waals surface area contributed by atoms with Gasteiger partial charge in [0.15, 0.2) is 5.82 Å². The van der Waals surface area contributed by atoms with Crippen LogP contribution in [0.3, 0.4) is 0 Å². The second kappa shape index (κ2) is 7.92. The van der Waals surface area contributed by atoms with Gasteiger partial charge in [-0.3, -0.25) is 0 Å². The van der Waals surface area contributed by atoms with Gasteiger partial charge in [-0.15, -0.1) is 0 Å². The minimum Gasteiger partial charge on any atom is -0.367 e. The average Bonchev–Trinajstić information content (AvgIpc) is 2.79. The molecule has 5 rings (SSSR count). The van der Waals surface area contributed by atoms with Crippen molar-refractivity contribution in [2.45, 2.75) is 0 Å². The number of aromatic nitrogens is 2. The van der Waals surface area contributed by atoms with Crippen LogP contribution in [0, 0.1) is 5.82 Å². The van der Waals surface area contributed by atoms with Crippen molar-refractivity contribution in [2.24, 2.45) is 0 Å². The van der Waals surface area contributed by atoms with Gasteiger partial charge in [-0.2, -0.15) is 0 Å². The molecule has 1 aromatic heterocycles. The molecule has 1 aliphatic heterocycles. The lowest BCUT2D eigenvalue weighted by Crippen LogP contribution is -2.47. The molecule has 0 radical (unpaired) electrons. The molecule has 0 bridgehead atoms. The summed E-state index contributed by atoms with van der Waals surface area (Å²) in [4.78, 5) is 14.0. The van der Waals surface area contributed by atoms with Crippen molar-refractivity contribution in [3.8, 4) is 11.4 Å². The number of fused-ring (bicyclic) bond motifs is 1. The van der Waals surface area contributed by atoms with Crippen molar-refractivity contribution >= 4 is 34.0 Å². The van der Waals surface area contributed by atoms with E-state index in [1.165, 1.54) is 6.07 Å². The van der Waals surface area contributed by atoms with Crippen molar-refractivity contribution in [2.75, 3.05) is 36.0 Å². The Morgan fingerprint density at radius 1 is 0.733 bits per heavy atom. The van der Waals surface area contributed by atoms with Crippen LogP contribution in [0.15, 0.2) is 72.8 Å². The van der Waals surface area contributed by atoms with Crippen LogP contribution in [0.4, 0.5) is 15.9 Å². The molecular formula is C24H20ClFN4. The highest BCUT2D eigenvalue weighted by molar-refractivity contribution is 6.33. The van der Waals surface area contributed by atoms with Gasteiger partial charge in [-0.25, -0.2) is 14.4 Å². The fraction of sp³-hybridized carbons (Fsp3) is 0.167. The predicted molar refractivity (Wildman–Crippen MR) is 121 cm³/mol. The van der Waals surface area contributed by atoms with E-state index >= 15 is 0 Å². The molecule has 4 nitrogen and oxygen atoms in total. The molecule has 6 heteroatoms. The second-order valence-corrected chi connectivity index (χ2v) is 7.70. The van der Waals surface area contributed by atoms with Gasteiger partial charge in [-0.1, -0.05) is 48.0 Å². The molecule has 1 saturated heterocycles. The zero-order valence-corrected chi connectivity index (χ0v) is 17.1. The third-order valence-electron chi connectivity index (χ3n) is 5.47. The Balaban J connectivity index is 1.50. The molecular weight excluding hydrogens is 399 g/mol. The normalized spacial score (nSPS) is 14.3. The molecule has 2 heterocycles. The van der Waals surface area contributed by atoms with E-state index in [1.807, 2.05) is 48.5 Å². The summed E-state index contributed by atoms with van der Waals surface area (Å²) in [5.41, 5.74) is 2.28. The molecule has 0 amide bonds. The van der Waals surface area contributed by atoms with Crippen LogP contribution in [0.5, 0.6) is 0 Å². The third kappa shape index (κ3) is 3.46. The first kappa shape index (κ1) is 18.8. The molecule has 0 aliphatic carbocycles. The van der Waals surface area contributed by atoms with Gasteiger partial charge in [-0.05, 0) is 36.4 Å². The highest BCUT2D eigenvalue weighted by atomic mass is 35.5. The zero-order chi connectivity index (χ0) is 20.5. The molecule has 150 valence electrons. The van der Waals surface area contributed by atoms with E-state index in [2.05, 4.69) is 14.8 Å². The van der Waals surface area contributed by atoms with Gasteiger partial charge < -0.3 is 9.80 Å². The van der Waals surface area contributed by atoms with Crippen molar-refractivity contribution < 1.29 is 4.39 Å². The zero-order valence-electron chi connectivity index (χ0n) is 16.3. The third-order valence-corrected chi connectivity index (χ3v) is 5.79. The number of nitrogens with zero attached hydrogens (tertiary/aromatic N) is 4. The predicted octanol–water partition coefficient (Wildman–Crippen LogP) is 5.42.